The molecular formula is C26H24F5NO4S. The van der Waals surface area contributed by atoms with Crippen molar-refractivity contribution in [1.82, 2.24) is 0 Å². The second kappa shape index (κ2) is 9.60. The van der Waals surface area contributed by atoms with Crippen LogP contribution in [0.5, 0.6) is 5.75 Å². The highest BCUT2D eigenvalue weighted by Crippen LogP contribution is 2.42. The van der Waals surface area contributed by atoms with Gasteiger partial charge >= 0.3 is 6.18 Å². The summed E-state index contributed by atoms with van der Waals surface area (Å²) in [5, 5.41) is 10.1. The lowest BCUT2D eigenvalue weighted by atomic mass is 9.99. The van der Waals surface area contributed by atoms with Crippen LogP contribution in [-0.2, 0) is 16.2 Å². The molecule has 0 bridgehead atoms. The summed E-state index contributed by atoms with van der Waals surface area (Å²) in [5.41, 5.74) is -2.19. The zero-order valence-electron chi connectivity index (χ0n) is 19.9. The van der Waals surface area contributed by atoms with Crippen LogP contribution >= 0.6 is 0 Å². The summed E-state index contributed by atoms with van der Waals surface area (Å²) < 4.78 is 102. The summed E-state index contributed by atoms with van der Waals surface area (Å²) in [6, 6.07) is 10.3. The molecule has 0 saturated heterocycles. The SMILES string of the molecule is CC(C)(O)CC[C@H]1CN(S(=O)(=O)c2cccc(C(F)(F)F)c2)c2cc(-c3cc(F)ccc3F)ccc2O1. The number of fused-ring (bicyclic) bond motifs is 1. The summed E-state index contributed by atoms with van der Waals surface area (Å²) in [5.74, 6) is -1.35. The number of anilines is 1. The summed E-state index contributed by atoms with van der Waals surface area (Å²) in [7, 11) is -4.54. The number of ether oxygens (including phenoxy) is 1. The molecule has 1 aliphatic rings. The summed E-state index contributed by atoms with van der Waals surface area (Å²) in [4.78, 5) is -0.584. The highest BCUT2D eigenvalue weighted by molar-refractivity contribution is 7.92. The summed E-state index contributed by atoms with van der Waals surface area (Å²) in [6.07, 6.45) is -4.98. The van der Waals surface area contributed by atoms with Gasteiger partial charge in [-0.2, -0.15) is 13.2 Å². The monoisotopic (exact) mass is 541 g/mol. The van der Waals surface area contributed by atoms with Gasteiger partial charge in [-0.15, -0.1) is 0 Å². The summed E-state index contributed by atoms with van der Waals surface area (Å²) in [6.45, 7) is 2.90. The van der Waals surface area contributed by atoms with Crippen molar-refractivity contribution in [3.05, 3.63) is 77.9 Å². The number of halogens is 5. The third kappa shape index (κ3) is 5.88. The van der Waals surface area contributed by atoms with Crippen LogP contribution in [0.4, 0.5) is 27.6 Å². The van der Waals surface area contributed by atoms with Crippen molar-refractivity contribution in [3.8, 4) is 16.9 Å². The lowest BCUT2D eigenvalue weighted by Gasteiger charge is -2.36. The third-order valence-electron chi connectivity index (χ3n) is 5.96. The predicted octanol–water partition coefficient (Wildman–Crippen LogP) is 6.16. The van der Waals surface area contributed by atoms with E-state index in [1.807, 2.05) is 0 Å². The van der Waals surface area contributed by atoms with Crippen molar-refractivity contribution in [2.75, 3.05) is 10.8 Å². The van der Waals surface area contributed by atoms with E-state index in [1.54, 1.807) is 13.8 Å². The van der Waals surface area contributed by atoms with Gasteiger partial charge in [-0.3, -0.25) is 4.31 Å². The third-order valence-corrected chi connectivity index (χ3v) is 7.73. The van der Waals surface area contributed by atoms with E-state index in [4.69, 9.17) is 4.74 Å². The van der Waals surface area contributed by atoms with Gasteiger partial charge in [0, 0.05) is 5.56 Å². The molecule has 1 heterocycles. The van der Waals surface area contributed by atoms with Crippen LogP contribution in [-0.4, -0.2) is 31.8 Å². The molecule has 4 rings (SSSR count). The van der Waals surface area contributed by atoms with Crippen LogP contribution in [0.2, 0.25) is 0 Å². The minimum atomic E-state index is -4.76. The Hall–Kier alpha value is -3.18. The smallest absolute Gasteiger partial charge is 0.416 e. The standard InChI is InChI=1S/C26H24F5NO4S/c1-25(2,33)11-10-19-15-32(37(34,35)20-5-3-4-17(13-20)26(29,30)31)23-12-16(6-9-24(23)36-19)21-14-18(27)7-8-22(21)28/h3-9,12-14,19,33H,10-11,15H2,1-2H3/t19-/m0/s1. The number of hydrogen-bond donors (Lipinski definition) is 1. The molecule has 1 atom stereocenters. The molecule has 0 unspecified atom stereocenters. The lowest BCUT2D eigenvalue weighted by Crippen LogP contribution is -2.44. The molecule has 0 spiro atoms. The highest BCUT2D eigenvalue weighted by Gasteiger charge is 2.37. The highest BCUT2D eigenvalue weighted by atomic mass is 32.2. The number of nitrogens with zero attached hydrogens (tertiary/aromatic N) is 1. The maximum atomic E-state index is 14.5. The number of hydrogen-bond acceptors (Lipinski definition) is 4. The van der Waals surface area contributed by atoms with E-state index < -0.39 is 50.0 Å². The van der Waals surface area contributed by atoms with Crippen LogP contribution in [0.1, 0.15) is 32.3 Å². The molecule has 198 valence electrons. The molecular weight excluding hydrogens is 517 g/mol. The molecule has 37 heavy (non-hydrogen) atoms. The normalized spacial score (nSPS) is 16.3. The first-order valence-corrected chi connectivity index (χ1v) is 12.8. The zero-order chi connectivity index (χ0) is 27.2. The Labute approximate surface area is 211 Å². The Morgan fingerprint density at radius 3 is 2.43 bits per heavy atom. The maximum Gasteiger partial charge on any atom is 0.416 e. The zero-order valence-corrected chi connectivity index (χ0v) is 20.7. The minimum absolute atomic E-state index is 0.0296. The van der Waals surface area contributed by atoms with Crippen molar-refractivity contribution >= 4 is 15.7 Å². The van der Waals surface area contributed by atoms with Gasteiger partial charge in [0.1, 0.15) is 23.5 Å². The van der Waals surface area contributed by atoms with Crippen LogP contribution in [0, 0.1) is 11.6 Å². The van der Waals surface area contributed by atoms with Crippen molar-refractivity contribution in [2.24, 2.45) is 0 Å². The lowest BCUT2D eigenvalue weighted by molar-refractivity contribution is -0.137. The van der Waals surface area contributed by atoms with Gasteiger partial charge in [-0.05, 0) is 80.8 Å². The fourth-order valence-corrected chi connectivity index (χ4v) is 5.60. The molecule has 3 aromatic rings. The summed E-state index contributed by atoms with van der Waals surface area (Å²) >= 11 is 0. The fraction of sp³-hybridized carbons (Fsp3) is 0.308. The number of alkyl halides is 3. The van der Waals surface area contributed by atoms with Gasteiger partial charge < -0.3 is 9.84 Å². The maximum absolute atomic E-state index is 14.5. The first kappa shape index (κ1) is 26.9. The molecule has 0 amide bonds. The van der Waals surface area contributed by atoms with E-state index >= 15 is 0 Å². The quantitative estimate of drug-likeness (QED) is 0.380. The molecule has 0 radical (unpaired) electrons. The van der Waals surface area contributed by atoms with Crippen molar-refractivity contribution in [1.29, 1.82) is 0 Å². The average molecular weight is 542 g/mol. The number of benzene rings is 3. The molecule has 1 N–H and O–H groups in total. The Morgan fingerprint density at radius 1 is 1.03 bits per heavy atom. The van der Waals surface area contributed by atoms with E-state index in [-0.39, 0.29) is 42.0 Å². The predicted molar refractivity (Wildman–Crippen MR) is 128 cm³/mol. The van der Waals surface area contributed by atoms with E-state index in [9.17, 15) is 35.5 Å². The number of sulfonamides is 1. The van der Waals surface area contributed by atoms with Crippen molar-refractivity contribution in [3.63, 3.8) is 0 Å². The van der Waals surface area contributed by atoms with E-state index in [0.717, 1.165) is 40.7 Å². The second-order valence-corrected chi connectivity index (χ2v) is 11.3. The molecule has 1 aliphatic heterocycles. The topological polar surface area (TPSA) is 66.8 Å². The molecule has 0 saturated carbocycles. The minimum Gasteiger partial charge on any atom is -0.486 e. The Bertz CT molecular complexity index is 1420. The van der Waals surface area contributed by atoms with E-state index in [1.165, 1.54) is 18.2 Å². The molecule has 0 fully saturated rings. The number of aliphatic hydroxyl groups is 1. The van der Waals surface area contributed by atoms with Gasteiger partial charge in [-0.25, -0.2) is 17.2 Å². The first-order valence-electron chi connectivity index (χ1n) is 11.3. The molecule has 11 heteroatoms. The van der Waals surface area contributed by atoms with Crippen molar-refractivity contribution in [2.45, 2.75) is 49.5 Å². The Balaban J connectivity index is 1.82. The van der Waals surface area contributed by atoms with E-state index in [0.29, 0.717) is 6.07 Å². The Kier molecular flexibility index (Phi) is 6.98. The largest absolute Gasteiger partial charge is 0.486 e. The van der Waals surface area contributed by atoms with Gasteiger partial charge in [0.15, 0.2) is 0 Å². The number of rotatable bonds is 6. The van der Waals surface area contributed by atoms with Crippen molar-refractivity contribution < 1.29 is 40.2 Å². The van der Waals surface area contributed by atoms with E-state index in [2.05, 4.69) is 0 Å². The van der Waals surface area contributed by atoms with Gasteiger partial charge in [0.2, 0.25) is 0 Å². The molecule has 0 aromatic heterocycles. The second-order valence-electron chi connectivity index (χ2n) is 9.46. The van der Waals surface area contributed by atoms with Crippen LogP contribution in [0.3, 0.4) is 0 Å². The Morgan fingerprint density at radius 2 is 1.76 bits per heavy atom. The van der Waals surface area contributed by atoms with Crippen LogP contribution in [0.15, 0.2) is 65.6 Å². The average Bonchev–Trinajstić information content (AvgIpc) is 2.82. The van der Waals surface area contributed by atoms with Crippen LogP contribution < -0.4 is 9.04 Å². The van der Waals surface area contributed by atoms with Crippen LogP contribution in [0.25, 0.3) is 11.1 Å². The molecule has 5 nitrogen and oxygen atoms in total. The van der Waals surface area contributed by atoms with Gasteiger partial charge in [0.05, 0.1) is 28.3 Å². The fourth-order valence-electron chi connectivity index (χ4n) is 4.05. The van der Waals surface area contributed by atoms with Gasteiger partial charge in [0.25, 0.3) is 10.0 Å². The van der Waals surface area contributed by atoms with Gasteiger partial charge in [-0.1, -0.05) is 12.1 Å². The first-order chi connectivity index (χ1) is 17.1. The molecule has 0 aliphatic carbocycles. The molecule has 3 aromatic carbocycles.